The van der Waals surface area contributed by atoms with Crippen molar-refractivity contribution in [2.24, 2.45) is 0 Å². The summed E-state index contributed by atoms with van der Waals surface area (Å²) in [6, 6.07) is 13.1. The first-order chi connectivity index (χ1) is 12.5. The number of hydrogen-bond donors (Lipinski definition) is 1. The smallest absolute Gasteiger partial charge is 0.253 e. The Balaban J connectivity index is 2.28. The largest absolute Gasteiger partial charge is 0.384 e. The van der Waals surface area contributed by atoms with Crippen LogP contribution in [0.2, 0.25) is 0 Å². The second kappa shape index (κ2) is 9.16. The van der Waals surface area contributed by atoms with E-state index in [0.717, 1.165) is 22.3 Å². The van der Waals surface area contributed by atoms with Crippen molar-refractivity contribution in [3.8, 4) is 0 Å². The summed E-state index contributed by atoms with van der Waals surface area (Å²) in [5, 5.41) is 10.8. The molecule has 0 saturated heterocycles. The normalized spacial score (nSPS) is 12.2. The summed E-state index contributed by atoms with van der Waals surface area (Å²) in [6.45, 7) is 11.0. The maximum Gasteiger partial charge on any atom is 0.253 e. The summed E-state index contributed by atoms with van der Waals surface area (Å²) >= 11 is 0. The van der Waals surface area contributed by atoms with Gasteiger partial charge in [0.2, 0.25) is 0 Å². The third kappa shape index (κ3) is 4.30. The van der Waals surface area contributed by atoms with E-state index >= 15 is 0 Å². The molecule has 0 saturated carbocycles. The van der Waals surface area contributed by atoms with Crippen LogP contribution in [0.1, 0.15) is 52.6 Å². The monoisotopic (exact) mass is 349 g/mol. The van der Waals surface area contributed by atoms with Crippen LogP contribution in [-0.2, 0) is 0 Å². The lowest BCUT2D eigenvalue weighted by Crippen LogP contribution is -2.30. The fraction of sp³-hybridized carbons (Fsp3) is 0.261. The fourth-order valence-electron chi connectivity index (χ4n) is 3.00. The quantitative estimate of drug-likeness (QED) is 0.732. The zero-order chi connectivity index (χ0) is 19.1. The molecule has 0 fully saturated rings. The molecule has 2 rings (SSSR count). The molecule has 0 radical (unpaired) electrons. The molecule has 0 aliphatic rings. The maximum atomic E-state index is 12.4. The molecule has 0 aromatic heterocycles. The van der Waals surface area contributed by atoms with E-state index < -0.39 is 6.10 Å². The fourth-order valence-corrected chi connectivity index (χ4v) is 3.00. The van der Waals surface area contributed by atoms with Crippen LogP contribution in [0.3, 0.4) is 0 Å². The van der Waals surface area contributed by atoms with Crippen LogP contribution < -0.4 is 0 Å². The highest BCUT2D eigenvalue weighted by atomic mass is 16.3. The maximum absolute atomic E-state index is 12.4. The predicted octanol–water partition coefficient (Wildman–Crippen LogP) is 4.76. The average molecular weight is 349 g/mol. The third-order valence-corrected chi connectivity index (χ3v) is 4.65. The van der Waals surface area contributed by atoms with Crippen LogP contribution in [0.4, 0.5) is 0 Å². The van der Waals surface area contributed by atoms with E-state index in [-0.39, 0.29) is 5.91 Å². The van der Waals surface area contributed by atoms with Gasteiger partial charge >= 0.3 is 0 Å². The first kappa shape index (κ1) is 19.7. The Morgan fingerprint density at radius 2 is 1.81 bits per heavy atom. The number of carbonyl (C=O) groups excluding carboxylic acids is 1. The second-order valence-electron chi connectivity index (χ2n) is 6.16. The van der Waals surface area contributed by atoms with Gasteiger partial charge in [-0.15, -0.1) is 0 Å². The average Bonchev–Trinajstić information content (AvgIpc) is 2.67. The molecule has 0 heterocycles. The number of carbonyl (C=O) groups is 1. The number of rotatable bonds is 7. The van der Waals surface area contributed by atoms with Crippen LogP contribution in [0.25, 0.3) is 6.08 Å². The number of nitrogens with zero attached hydrogens (tertiary/aromatic N) is 1. The summed E-state index contributed by atoms with van der Waals surface area (Å²) in [6.07, 6.45) is 4.86. The van der Waals surface area contributed by atoms with Gasteiger partial charge in [-0.1, -0.05) is 55.1 Å². The van der Waals surface area contributed by atoms with Gasteiger partial charge in [0.1, 0.15) is 6.10 Å². The third-order valence-electron chi connectivity index (χ3n) is 4.65. The Bertz CT molecular complexity index is 786. The van der Waals surface area contributed by atoms with Crippen molar-refractivity contribution in [2.75, 3.05) is 13.1 Å². The van der Waals surface area contributed by atoms with Crippen molar-refractivity contribution >= 4 is 12.0 Å². The molecule has 0 aliphatic heterocycles. The lowest BCUT2D eigenvalue weighted by Gasteiger charge is -2.19. The Morgan fingerprint density at radius 3 is 2.38 bits per heavy atom. The molecular weight excluding hydrogens is 322 g/mol. The number of benzene rings is 2. The number of aliphatic hydroxyl groups excluding tert-OH is 1. The van der Waals surface area contributed by atoms with Gasteiger partial charge in [0, 0.05) is 18.7 Å². The van der Waals surface area contributed by atoms with E-state index in [4.69, 9.17) is 0 Å². The van der Waals surface area contributed by atoms with Crippen molar-refractivity contribution in [3.05, 3.63) is 89.0 Å². The van der Waals surface area contributed by atoms with Crippen molar-refractivity contribution in [1.82, 2.24) is 4.90 Å². The van der Waals surface area contributed by atoms with E-state index in [9.17, 15) is 9.90 Å². The van der Waals surface area contributed by atoms with Crippen LogP contribution in [0.5, 0.6) is 0 Å². The molecule has 0 bridgehead atoms. The molecule has 0 aliphatic carbocycles. The highest BCUT2D eigenvalue weighted by Crippen LogP contribution is 2.27. The van der Waals surface area contributed by atoms with E-state index in [2.05, 4.69) is 6.58 Å². The topological polar surface area (TPSA) is 40.5 Å². The van der Waals surface area contributed by atoms with Gasteiger partial charge in [-0.05, 0) is 55.2 Å². The molecule has 1 amide bonds. The first-order valence-electron chi connectivity index (χ1n) is 8.99. The van der Waals surface area contributed by atoms with Gasteiger partial charge in [-0.2, -0.15) is 0 Å². The summed E-state index contributed by atoms with van der Waals surface area (Å²) < 4.78 is 0. The Hall–Kier alpha value is -2.65. The number of aliphatic hydroxyl groups is 1. The van der Waals surface area contributed by atoms with Crippen molar-refractivity contribution in [2.45, 2.75) is 26.9 Å². The molecule has 3 nitrogen and oxygen atoms in total. The number of allylic oxidation sites excluding steroid dienone is 2. The summed E-state index contributed by atoms with van der Waals surface area (Å²) in [5.41, 5.74) is 4.35. The highest BCUT2D eigenvalue weighted by molar-refractivity contribution is 5.94. The van der Waals surface area contributed by atoms with Crippen molar-refractivity contribution in [3.63, 3.8) is 0 Å². The van der Waals surface area contributed by atoms with Crippen molar-refractivity contribution in [1.29, 1.82) is 0 Å². The number of hydrogen-bond acceptors (Lipinski definition) is 2. The standard InChI is InChI=1S/C23H27NO2/c1-5-8-10-18-11-9-12-21(17(18)4)22(25)19-13-15-20(16-14-19)23(26)24(6-2)7-3/h5,8-16,22,25H,1,6-7H2,2-4H3/b10-8-. The minimum atomic E-state index is -0.732. The zero-order valence-electron chi connectivity index (χ0n) is 15.8. The summed E-state index contributed by atoms with van der Waals surface area (Å²) in [7, 11) is 0. The van der Waals surface area contributed by atoms with Gasteiger partial charge in [0.25, 0.3) is 5.91 Å². The molecule has 3 heteroatoms. The summed E-state index contributed by atoms with van der Waals surface area (Å²) in [5.74, 6) is 0.0174. The Kier molecular flexibility index (Phi) is 6.93. The van der Waals surface area contributed by atoms with Crippen LogP contribution >= 0.6 is 0 Å². The molecule has 1 atom stereocenters. The minimum Gasteiger partial charge on any atom is -0.384 e. The van der Waals surface area contributed by atoms with Crippen LogP contribution in [0, 0.1) is 6.92 Å². The second-order valence-corrected chi connectivity index (χ2v) is 6.16. The Labute approximate surface area is 156 Å². The minimum absolute atomic E-state index is 0.0174. The molecular formula is C23H27NO2. The van der Waals surface area contributed by atoms with E-state index in [0.29, 0.717) is 18.7 Å². The van der Waals surface area contributed by atoms with Crippen LogP contribution in [-0.4, -0.2) is 29.0 Å². The molecule has 2 aromatic rings. The molecule has 0 spiro atoms. The summed E-state index contributed by atoms with van der Waals surface area (Å²) in [4.78, 5) is 14.2. The van der Waals surface area contributed by atoms with Gasteiger partial charge in [0.15, 0.2) is 0 Å². The molecule has 1 unspecified atom stereocenters. The molecule has 1 N–H and O–H groups in total. The van der Waals surface area contributed by atoms with Gasteiger partial charge < -0.3 is 10.0 Å². The van der Waals surface area contributed by atoms with E-state index in [1.165, 1.54) is 0 Å². The molecule has 26 heavy (non-hydrogen) atoms. The first-order valence-corrected chi connectivity index (χ1v) is 8.99. The Morgan fingerprint density at radius 1 is 1.15 bits per heavy atom. The number of amides is 1. The van der Waals surface area contributed by atoms with Crippen LogP contribution in [0.15, 0.2) is 61.2 Å². The van der Waals surface area contributed by atoms with Gasteiger partial charge in [-0.25, -0.2) is 0 Å². The molecule has 136 valence electrons. The van der Waals surface area contributed by atoms with Gasteiger partial charge in [-0.3, -0.25) is 4.79 Å². The highest BCUT2D eigenvalue weighted by Gasteiger charge is 2.16. The van der Waals surface area contributed by atoms with E-state index in [1.54, 1.807) is 23.1 Å². The van der Waals surface area contributed by atoms with Crippen molar-refractivity contribution < 1.29 is 9.90 Å². The lowest BCUT2D eigenvalue weighted by molar-refractivity contribution is 0.0773. The molecule has 2 aromatic carbocycles. The lowest BCUT2D eigenvalue weighted by atomic mass is 9.93. The van der Waals surface area contributed by atoms with Gasteiger partial charge in [0.05, 0.1) is 0 Å². The SMILES string of the molecule is C=C/C=C\c1cccc(C(O)c2ccc(C(=O)N(CC)CC)cc2)c1C. The predicted molar refractivity (Wildman–Crippen MR) is 108 cm³/mol. The zero-order valence-corrected chi connectivity index (χ0v) is 15.8. The van der Waals surface area contributed by atoms with E-state index in [1.807, 2.05) is 63.3 Å².